The molecule has 1 heterocycles. The van der Waals surface area contributed by atoms with Gasteiger partial charge in [-0.15, -0.1) is 0 Å². The predicted octanol–water partition coefficient (Wildman–Crippen LogP) is 2.55. The van der Waals surface area contributed by atoms with Gasteiger partial charge in [0, 0.05) is 32.2 Å². The first-order chi connectivity index (χ1) is 11.6. The number of carbonyl (C=O) groups is 1. The highest BCUT2D eigenvalue weighted by atomic mass is 16.2. The summed E-state index contributed by atoms with van der Waals surface area (Å²) in [5.74, 6) is 1.05. The summed E-state index contributed by atoms with van der Waals surface area (Å²) in [5, 5.41) is 3.29. The van der Waals surface area contributed by atoms with Crippen molar-refractivity contribution >= 4 is 17.6 Å². The molecule has 3 N–H and O–H groups in total. The third-order valence-corrected chi connectivity index (χ3v) is 5.14. The number of amides is 1. The van der Waals surface area contributed by atoms with Gasteiger partial charge >= 0.3 is 0 Å². The van der Waals surface area contributed by atoms with Crippen molar-refractivity contribution in [3.8, 4) is 0 Å². The van der Waals surface area contributed by atoms with Gasteiger partial charge in [-0.25, -0.2) is 0 Å². The van der Waals surface area contributed by atoms with Gasteiger partial charge in [-0.1, -0.05) is 12.1 Å². The van der Waals surface area contributed by atoms with Crippen LogP contribution >= 0.6 is 0 Å². The molecule has 5 nitrogen and oxygen atoms in total. The number of guanidine groups is 1. The van der Waals surface area contributed by atoms with E-state index >= 15 is 0 Å². The maximum atomic E-state index is 11.5. The summed E-state index contributed by atoms with van der Waals surface area (Å²) in [6.07, 6.45) is 6.95. The lowest BCUT2D eigenvalue weighted by molar-refractivity contribution is -0.130. The van der Waals surface area contributed by atoms with Crippen LogP contribution in [-0.4, -0.2) is 36.4 Å². The first kappa shape index (κ1) is 16.8. The Morgan fingerprint density at radius 1 is 1.33 bits per heavy atom. The quantitative estimate of drug-likeness (QED) is 0.662. The topological polar surface area (TPSA) is 70.7 Å². The molecule has 3 rings (SSSR count). The van der Waals surface area contributed by atoms with Crippen LogP contribution in [0.1, 0.15) is 43.7 Å². The molecule has 1 atom stereocenters. The van der Waals surface area contributed by atoms with Gasteiger partial charge in [0.25, 0.3) is 0 Å². The Balaban J connectivity index is 1.60. The Morgan fingerprint density at radius 3 is 3.00 bits per heavy atom. The molecule has 0 saturated carbocycles. The van der Waals surface area contributed by atoms with E-state index < -0.39 is 0 Å². The Morgan fingerprint density at radius 2 is 2.17 bits per heavy atom. The van der Waals surface area contributed by atoms with E-state index in [0.717, 1.165) is 44.5 Å². The van der Waals surface area contributed by atoms with Crippen LogP contribution in [0.15, 0.2) is 23.2 Å². The zero-order valence-corrected chi connectivity index (χ0v) is 14.6. The Labute approximate surface area is 144 Å². The molecular formula is C19H28N4O. The van der Waals surface area contributed by atoms with E-state index in [1.807, 2.05) is 4.90 Å². The highest BCUT2D eigenvalue weighted by Gasteiger charge is 2.21. The summed E-state index contributed by atoms with van der Waals surface area (Å²) in [5.41, 5.74) is 10.0. The summed E-state index contributed by atoms with van der Waals surface area (Å²) in [4.78, 5) is 18.0. The Hall–Kier alpha value is -2.04. The van der Waals surface area contributed by atoms with Crippen molar-refractivity contribution < 1.29 is 4.79 Å². The van der Waals surface area contributed by atoms with Crippen LogP contribution in [0, 0.1) is 5.92 Å². The molecule has 130 valence electrons. The average molecular weight is 328 g/mol. The van der Waals surface area contributed by atoms with Gasteiger partial charge in [0.05, 0.1) is 0 Å². The van der Waals surface area contributed by atoms with Gasteiger partial charge in [-0.2, -0.15) is 0 Å². The predicted molar refractivity (Wildman–Crippen MR) is 98.2 cm³/mol. The van der Waals surface area contributed by atoms with Crippen molar-refractivity contribution in [2.45, 2.75) is 45.4 Å². The fraction of sp³-hybridized carbons (Fsp3) is 0.579. The number of hydrogen-bond donors (Lipinski definition) is 2. The second kappa shape index (κ2) is 7.69. The molecular weight excluding hydrogens is 300 g/mol. The maximum Gasteiger partial charge on any atom is 0.219 e. The number of aliphatic imine (C=N–C) groups is 1. The summed E-state index contributed by atoms with van der Waals surface area (Å²) >= 11 is 0. The number of hydrogen-bond acceptors (Lipinski definition) is 2. The lowest BCUT2D eigenvalue weighted by Crippen LogP contribution is -2.39. The molecule has 0 bridgehead atoms. The van der Waals surface area contributed by atoms with Gasteiger partial charge in [0.1, 0.15) is 0 Å². The van der Waals surface area contributed by atoms with Gasteiger partial charge in [0.15, 0.2) is 5.96 Å². The molecule has 24 heavy (non-hydrogen) atoms. The second-order valence-electron chi connectivity index (χ2n) is 6.97. The largest absolute Gasteiger partial charge is 0.370 e. The molecule has 1 fully saturated rings. The number of carbonyl (C=O) groups excluding carboxylic acids is 1. The third-order valence-electron chi connectivity index (χ3n) is 5.14. The third kappa shape index (κ3) is 4.08. The van der Waals surface area contributed by atoms with Gasteiger partial charge in [-0.3, -0.25) is 9.79 Å². The minimum absolute atomic E-state index is 0.158. The number of nitrogens with two attached hydrogens (primary N) is 1. The molecule has 1 aliphatic heterocycles. The van der Waals surface area contributed by atoms with Crippen molar-refractivity contribution in [2.24, 2.45) is 16.6 Å². The lowest BCUT2D eigenvalue weighted by atomic mass is 9.90. The molecule has 1 unspecified atom stereocenters. The van der Waals surface area contributed by atoms with Crippen LogP contribution < -0.4 is 11.1 Å². The minimum atomic E-state index is 0.158. The number of nitrogens with zero attached hydrogens (tertiary/aromatic N) is 2. The van der Waals surface area contributed by atoms with Crippen LogP contribution in [0.25, 0.3) is 0 Å². The zero-order chi connectivity index (χ0) is 16.9. The van der Waals surface area contributed by atoms with E-state index in [1.54, 1.807) is 6.92 Å². The molecule has 1 saturated heterocycles. The van der Waals surface area contributed by atoms with Crippen LogP contribution in [0.4, 0.5) is 5.69 Å². The van der Waals surface area contributed by atoms with Crippen molar-refractivity contribution in [1.82, 2.24) is 4.90 Å². The number of aryl methyl sites for hydroxylation is 1. The number of anilines is 1. The number of fused-ring (bicyclic) bond motifs is 1. The van der Waals surface area contributed by atoms with E-state index in [0.29, 0.717) is 18.4 Å². The van der Waals surface area contributed by atoms with Crippen LogP contribution in [-0.2, 0) is 17.6 Å². The molecule has 0 radical (unpaired) electrons. The van der Waals surface area contributed by atoms with Crippen LogP contribution in [0.5, 0.6) is 0 Å². The molecule has 0 spiro atoms. The first-order valence-corrected chi connectivity index (χ1v) is 9.06. The number of likely N-dealkylation sites (tertiary alicyclic amines) is 1. The smallest absolute Gasteiger partial charge is 0.219 e. The highest BCUT2D eigenvalue weighted by molar-refractivity contribution is 5.93. The monoisotopic (exact) mass is 328 g/mol. The normalized spacial score (nSPS) is 21.3. The molecule has 1 aromatic rings. The maximum absolute atomic E-state index is 11.5. The van der Waals surface area contributed by atoms with E-state index in [2.05, 4.69) is 28.5 Å². The summed E-state index contributed by atoms with van der Waals surface area (Å²) in [6.45, 7) is 3.99. The molecule has 5 heteroatoms. The second-order valence-corrected chi connectivity index (χ2v) is 6.97. The van der Waals surface area contributed by atoms with Crippen molar-refractivity contribution in [3.05, 3.63) is 29.3 Å². The van der Waals surface area contributed by atoms with E-state index in [1.165, 1.54) is 24.0 Å². The van der Waals surface area contributed by atoms with Gasteiger partial charge < -0.3 is 16.0 Å². The number of benzene rings is 1. The van der Waals surface area contributed by atoms with E-state index in [9.17, 15) is 4.79 Å². The SMILES string of the molecule is CC(=O)N1CCCC(CN=C(N)Nc2cccc3c2CCCC3)C1. The standard InChI is InChI=1S/C19H28N4O/c1-14(24)23-11-5-6-15(13-23)12-21-19(20)22-18-10-4-8-16-7-2-3-9-17(16)18/h4,8,10,15H,2-3,5-7,9,11-13H2,1H3,(H3,20,21,22). The van der Waals surface area contributed by atoms with Crippen LogP contribution in [0.3, 0.4) is 0 Å². The number of rotatable bonds is 3. The lowest BCUT2D eigenvalue weighted by Gasteiger charge is -2.31. The fourth-order valence-corrected chi connectivity index (χ4v) is 3.80. The average Bonchev–Trinajstić information content (AvgIpc) is 2.60. The minimum Gasteiger partial charge on any atom is -0.370 e. The summed E-state index contributed by atoms with van der Waals surface area (Å²) in [7, 11) is 0. The molecule has 0 aromatic heterocycles. The molecule has 1 aromatic carbocycles. The highest BCUT2D eigenvalue weighted by Crippen LogP contribution is 2.27. The molecule has 2 aliphatic rings. The van der Waals surface area contributed by atoms with Gasteiger partial charge in [-0.05, 0) is 61.6 Å². The first-order valence-electron chi connectivity index (χ1n) is 9.06. The Bertz CT molecular complexity index is 626. The summed E-state index contributed by atoms with van der Waals surface area (Å²) in [6, 6.07) is 6.39. The van der Waals surface area contributed by atoms with Gasteiger partial charge in [0.2, 0.25) is 5.91 Å². The van der Waals surface area contributed by atoms with E-state index in [-0.39, 0.29) is 5.91 Å². The van der Waals surface area contributed by atoms with Crippen molar-refractivity contribution in [2.75, 3.05) is 25.0 Å². The van der Waals surface area contributed by atoms with Crippen LogP contribution in [0.2, 0.25) is 0 Å². The van der Waals surface area contributed by atoms with Crippen molar-refractivity contribution in [1.29, 1.82) is 0 Å². The van der Waals surface area contributed by atoms with E-state index in [4.69, 9.17) is 5.73 Å². The summed E-state index contributed by atoms with van der Waals surface area (Å²) < 4.78 is 0. The fourth-order valence-electron chi connectivity index (χ4n) is 3.80. The molecule has 1 amide bonds. The Kier molecular flexibility index (Phi) is 5.38. The number of piperidine rings is 1. The van der Waals surface area contributed by atoms with Crippen molar-refractivity contribution in [3.63, 3.8) is 0 Å². The number of nitrogens with one attached hydrogen (secondary N) is 1. The zero-order valence-electron chi connectivity index (χ0n) is 14.6. The molecule has 1 aliphatic carbocycles.